The van der Waals surface area contributed by atoms with Gasteiger partial charge in [0.15, 0.2) is 0 Å². The number of benzene rings is 2. The van der Waals surface area contributed by atoms with Crippen LogP contribution in [0.1, 0.15) is 29.7 Å². The minimum Gasteiger partial charge on any atom is -0.457 e. The number of hydrogen-bond donors (Lipinski definition) is 1. The fourth-order valence-corrected chi connectivity index (χ4v) is 2.06. The zero-order chi connectivity index (χ0) is 14.0. The molecule has 0 aliphatic heterocycles. The minimum absolute atomic E-state index is 0.385. The SMILES string of the molecule is Cc1cc(C)cc(Oc2ccc(F)cc2[C@H](C)O)c1. The van der Waals surface area contributed by atoms with E-state index in [1.807, 2.05) is 32.0 Å². The third kappa shape index (κ3) is 3.32. The van der Waals surface area contributed by atoms with Crippen molar-refractivity contribution in [2.75, 3.05) is 0 Å². The van der Waals surface area contributed by atoms with Gasteiger partial charge in [0.05, 0.1) is 6.10 Å². The van der Waals surface area contributed by atoms with Crippen molar-refractivity contribution in [1.82, 2.24) is 0 Å². The van der Waals surface area contributed by atoms with Gasteiger partial charge in [0.2, 0.25) is 0 Å². The molecule has 100 valence electrons. The average molecular weight is 260 g/mol. The second-order valence-electron chi connectivity index (χ2n) is 4.78. The molecule has 0 aliphatic carbocycles. The number of rotatable bonds is 3. The Hall–Kier alpha value is -1.87. The number of halogens is 1. The second kappa shape index (κ2) is 5.41. The van der Waals surface area contributed by atoms with Crippen LogP contribution in [0.3, 0.4) is 0 Å². The van der Waals surface area contributed by atoms with E-state index in [1.54, 1.807) is 6.92 Å². The zero-order valence-electron chi connectivity index (χ0n) is 11.3. The maximum Gasteiger partial charge on any atom is 0.133 e. The lowest BCUT2D eigenvalue weighted by Crippen LogP contribution is -1.97. The molecule has 2 rings (SSSR count). The van der Waals surface area contributed by atoms with E-state index >= 15 is 0 Å². The Morgan fingerprint density at radius 3 is 2.26 bits per heavy atom. The first-order valence-electron chi connectivity index (χ1n) is 6.19. The van der Waals surface area contributed by atoms with Gasteiger partial charge >= 0.3 is 0 Å². The lowest BCUT2D eigenvalue weighted by Gasteiger charge is -2.14. The van der Waals surface area contributed by atoms with E-state index < -0.39 is 6.10 Å². The Labute approximate surface area is 112 Å². The molecule has 1 N–H and O–H groups in total. The first kappa shape index (κ1) is 13.6. The molecule has 3 heteroatoms. The first-order valence-corrected chi connectivity index (χ1v) is 6.19. The molecular weight excluding hydrogens is 243 g/mol. The van der Waals surface area contributed by atoms with Crippen LogP contribution < -0.4 is 4.74 Å². The van der Waals surface area contributed by atoms with Crippen LogP contribution in [0.4, 0.5) is 4.39 Å². The molecule has 0 amide bonds. The first-order chi connectivity index (χ1) is 8.95. The van der Waals surface area contributed by atoms with Gasteiger partial charge in [0.1, 0.15) is 17.3 Å². The monoisotopic (exact) mass is 260 g/mol. The molecule has 0 bridgehead atoms. The van der Waals surface area contributed by atoms with Crippen molar-refractivity contribution in [2.45, 2.75) is 26.9 Å². The van der Waals surface area contributed by atoms with Crippen LogP contribution in [-0.2, 0) is 0 Å². The van der Waals surface area contributed by atoms with Crippen molar-refractivity contribution in [3.8, 4) is 11.5 Å². The molecular formula is C16H17FO2. The normalized spacial score (nSPS) is 12.3. The molecule has 0 spiro atoms. The smallest absolute Gasteiger partial charge is 0.133 e. The third-order valence-corrected chi connectivity index (χ3v) is 2.84. The number of hydrogen-bond acceptors (Lipinski definition) is 2. The molecule has 0 aromatic heterocycles. The second-order valence-corrected chi connectivity index (χ2v) is 4.78. The van der Waals surface area contributed by atoms with Gasteiger partial charge in [-0.25, -0.2) is 4.39 Å². The molecule has 2 aromatic rings. The number of aliphatic hydroxyl groups excluding tert-OH is 1. The summed E-state index contributed by atoms with van der Waals surface area (Å²) in [6.07, 6.45) is -0.781. The van der Waals surface area contributed by atoms with Crippen molar-refractivity contribution < 1.29 is 14.2 Å². The summed E-state index contributed by atoms with van der Waals surface area (Å²) >= 11 is 0. The van der Waals surface area contributed by atoms with E-state index in [1.165, 1.54) is 18.2 Å². The van der Waals surface area contributed by atoms with Gasteiger partial charge in [-0.15, -0.1) is 0 Å². The summed E-state index contributed by atoms with van der Waals surface area (Å²) in [4.78, 5) is 0. The molecule has 2 nitrogen and oxygen atoms in total. The number of aliphatic hydroxyl groups is 1. The highest BCUT2D eigenvalue weighted by atomic mass is 19.1. The maximum absolute atomic E-state index is 13.2. The van der Waals surface area contributed by atoms with Gasteiger partial charge in [-0.05, 0) is 62.2 Å². The summed E-state index contributed by atoms with van der Waals surface area (Å²) in [6, 6.07) is 10.0. The topological polar surface area (TPSA) is 29.5 Å². The number of ether oxygens (including phenoxy) is 1. The highest BCUT2D eigenvalue weighted by Gasteiger charge is 2.11. The Kier molecular flexibility index (Phi) is 3.86. The summed E-state index contributed by atoms with van der Waals surface area (Å²) < 4.78 is 19.0. The summed E-state index contributed by atoms with van der Waals surface area (Å²) in [5.74, 6) is 0.774. The Balaban J connectivity index is 2.37. The maximum atomic E-state index is 13.2. The minimum atomic E-state index is -0.781. The van der Waals surface area contributed by atoms with E-state index in [2.05, 4.69) is 0 Å². The molecule has 0 aliphatic rings. The van der Waals surface area contributed by atoms with Gasteiger partial charge in [0, 0.05) is 5.56 Å². The average Bonchev–Trinajstić information content (AvgIpc) is 2.30. The van der Waals surface area contributed by atoms with Crippen LogP contribution in [-0.4, -0.2) is 5.11 Å². The van der Waals surface area contributed by atoms with Crippen LogP contribution in [0.15, 0.2) is 36.4 Å². The van der Waals surface area contributed by atoms with Gasteiger partial charge in [-0.2, -0.15) is 0 Å². The van der Waals surface area contributed by atoms with Gasteiger partial charge in [0.25, 0.3) is 0 Å². The molecule has 0 saturated heterocycles. The number of aryl methyl sites for hydroxylation is 2. The van der Waals surface area contributed by atoms with Crippen molar-refractivity contribution in [3.63, 3.8) is 0 Å². The van der Waals surface area contributed by atoms with Crippen molar-refractivity contribution in [1.29, 1.82) is 0 Å². The van der Waals surface area contributed by atoms with Crippen LogP contribution in [0, 0.1) is 19.7 Å². The van der Waals surface area contributed by atoms with Crippen molar-refractivity contribution >= 4 is 0 Å². The van der Waals surface area contributed by atoms with Crippen LogP contribution in [0.25, 0.3) is 0 Å². The quantitative estimate of drug-likeness (QED) is 0.892. The van der Waals surface area contributed by atoms with Gasteiger partial charge in [-0.1, -0.05) is 6.07 Å². The standard InChI is InChI=1S/C16H17FO2/c1-10-6-11(2)8-14(7-10)19-16-5-4-13(17)9-15(16)12(3)18/h4-9,12,18H,1-3H3/t12-/m0/s1. The molecule has 0 saturated carbocycles. The van der Waals surface area contributed by atoms with Crippen LogP contribution >= 0.6 is 0 Å². The fraction of sp³-hybridized carbons (Fsp3) is 0.250. The predicted molar refractivity (Wildman–Crippen MR) is 73.0 cm³/mol. The Morgan fingerprint density at radius 1 is 1.05 bits per heavy atom. The molecule has 19 heavy (non-hydrogen) atoms. The third-order valence-electron chi connectivity index (χ3n) is 2.84. The molecule has 0 radical (unpaired) electrons. The van der Waals surface area contributed by atoms with E-state index in [4.69, 9.17) is 4.74 Å². The molecule has 2 aromatic carbocycles. The van der Waals surface area contributed by atoms with Crippen molar-refractivity contribution in [3.05, 3.63) is 58.9 Å². The Bertz CT molecular complexity index is 571. The molecule has 1 atom stereocenters. The summed E-state index contributed by atoms with van der Waals surface area (Å²) in [6.45, 7) is 5.56. The van der Waals surface area contributed by atoms with E-state index in [9.17, 15) is 9.50 Å². The Morgan fingerprint density at radius 2 is 1.68 bits per heavy atom. The van der Waals surface area contributed by atoms with Crippen LogP contribution in [0.5, 0.6) is 11.5 Å². The van der Waals surface area contributed by atoms with Gasteiger partial charge < -0.3 is 9.84 Å². The largest absolute Gasteiger partial charge is 0.457 e. The fourth-order valence-electron chi connectivity index (χ4n) is 2.06. The van der Waals surface area contributed by atoms with E-state index in [0.29, 0.717) is 17.1 Å². The molecule has 0 unspecified atom stereocenters. The molecule has 0 heterocycles. The van der Waals surface area contributed by atoms with E-state index in [0.717, 1.165) is 11.1 Å². The lowest BCUT2D eigenvalue weighted by atomic mass is 10.1. The highest BCUT2D eigenvalue weighted by molar-refractivity contribution is 5.41. The van der Waals surface area contributed by atoms with Crippen molar-refractivity contribution in [2.24, 2.45) is 0 Å². The predicted octanol–water partition coefficient (Wildman–Crippen LogP) is 4.29. The highest BCUT2D eigenvalue weighted by Crippen LogP contribution is 2.31. The zero-order valence-corrected chi connectivity index (χ0v) is 11.3. The van der Waals surface area contributed by atoms with Gasteiger partial charge in [-0.3, -0.25) is 0 Å². The van der Waals surface area contributed by atoms with Crippen LogP contribution in [0.2, 0.25) is 0 Å². The molecule has 0 fully saturated rings. The summed E-state index contributed by atoms with van der Waals surface area (Å²) in [5.41, 5.74) is 2.63. The van der Waals surface area contributed by atoms with E-state index in [-0.39, 0.29) is 5.82 Å². The lowest BCUT2D eigenvalue weighted by molar-refractivity contribution is 0.195. The summed E-state index contributed by atoms with van der Waals surface area (Å²) in [7, 11) is 0. The summed E-state index contributed by atoms with van der Waals surface area (Å²) in [5, 5.41) is 9.67.